The highest BCUT2D eigenvalue weighted by atomic mass is 16.6. The largest absolute Gasteiger partial charge is 0.406 e. The smallest absolute Gasteiger partial charge is 0.364 e. The monoisotopic (exact) mass is 198 g/mol. The highest BCUT2D eigenvalue weighted by molar-refractivity contribution is 5.53. The first-order valence-electron chi connectivity index (χ1n) is 4.49. The van der Waals surface area contributed by atoms with E-state index in [-0.39, 0.29) is 5.82 Å². The van der Waals surface area contributed by atoms with Crippen molar-refractivity contribution in [2.24, 2.45) is 7.05 Å². The molecule has 1 aromatic heterocycles. The molecule has 0 aliphatic carbocycles. The first kappa shape index (κ1) is 10.5. The Balaban J connectivity index is 3.03. The van der Waals surface area contributed by atoms with Crippen LogP contribution in [0.25, 0.3) is 0 Å². The summed E-state index contributed by atoms with van der Waals surface area (Å²) in [7, 11) is 1.76. The van der Waals surface area contributed by atoms with E-state index >= 15 is 0 Å². The lowest BCUT2D eigenvalue weighted by molar-refractivity contribution is -0.388. The average molecular weight is 198 g/mol. The van der Waals surface area contributed by atoms with E-state index in [0.29, 0.717) is 18.2 Å². The van der Waals surface area contributed by atoms with Gasteiger partial charge in [0, 0.05) is 20.5 Å². The Hall–Kier alpha value is -1.59. The molecule has 0 amide bonds. The van der Waals surface area contributed by atoms with E-state index in [4.69, 9.17) is 0 Å². The molecule has 0 saturated heterocycles. The van der Waals surface area contributed by atoms with Crippen molar-refractivity contribution >= 4 is 11.6 Å². The second kappa shape index (κ2) is 4.08. The van der Waals surface area contributed by atoms with Crippen LogP contribution in [0.2, 0.25) is 0 Å². The zero-order valence-electron chi connectivity index (χ0n) is 8.57. The van der Waals surface area contributed by atoms with Crippen LogP contribution in [0.15, 0.2) is 0 Å². The molecule has 6 heteroatoms. The number of anilines is 1. The molecule has 0 saturated carbocycles. The minimum absolute atomic E-state index is 0.0987. The third-order valence-corrected chi connectivity index (χ3v) is 2.02. The lowest BCUT2D eigenvalue weighted by Gasteiger charge is -2.04. The van der Waals surface area contributed by atoms with E-state index in [9.17, 15) is 10.1 Å². The molecule has 0 radical (unpaired) electrons. The number of nitrogens with zero attached hydrogens (tertiary/aromatic N) is 3. The van der Waals surface area contributed by atoms with Crippen molar-refractivity contribution in [3.8, 4) is 0 Å². The Labute approximate surface area is 82.1 Å². The first-order valence-corrected chi connectivity index (χ1v) is 4.49. The fraction of sp³-hybridized carbons (Fsp3) is 0.625. The maximum atomic E-state index is 10.6. The Morgan fingerprint density at radius 3 is 2.79 bits per heavy atom. The molecular weight excluding hydrogens is 184 g/mol. The van der Waals surface area contributed by atoms with Crippen LogP contribution in [0.3, 0.4) is 0 Å². The molecule has 14 heavy (non-hydrogen) atoms. The van der Waals surface area contributed by atoms with Crippen molar-refractivity contribution in [2.75, 3.05) is 11.9 Å². The van der Waals surface area contributed by atoms with E-state index in [1.165, 1.54) is 0 Å². The summed E-state index contributed by atoms with van der Waals surface area (Å²) in [6, 6.07) is 0. The van der Waals surface area contributed by atoms with Crippen LogP contribution in [0.5, 0.6) is 0 Å². The van der Waals surface area contributed by atoms with Gasteiger partial charge in [-0.15, -0.1) is 0 Å². The van der Waals surface area contributed by atoms with Crippen LogP contribution in [-0.4, -0.2) is 21.0 Å². The fourth-order valence-electron chi connectivity index (χ4n) is 1.16. The fourth-order valence-corrected chi connectivity index (χ4v) is 1.16. The molecule has 1 heterocycles. The predicted octanol–water partition coefficient (Wildman–Crippen LogP) is 1.46. The molecule has 0 fully saturated rings. The quantitative estimate of drug-likeness (QED) is 0.587. The van der Waals surface area contributed by atoms with E-state index in [0.717, 1.165) is 6.42 Å². The molecule has 1 N–H and O–H groups in total. The second-order valence-electron chi connectivity index (χ2n) is 3.07. The maximum Gasteiger partial charge on any atom is 0.406 e. The van der Waals surface area contributed by atoms with Gasteiger partial charge in [-0.25, -0.2) is 0 Å². The summed E-state index contributed by atoms with van der Waals surface area (Å²) in [5, 5.41) is 13.6. The van der Waals surface area contributed by atoms with Crippen molar-refractivity contribution < 1.29 is 4.92 Å². The number of nitrogens with one attached hydrogen (secondary N) is 1. The third kappa shape index (κ3) is 1.84. The topological polar surface area (TPSA) is 73.0 Å². The number of imidazole rings is 1. The molecule has 0 aromatic carbocycles. The minimum atomic E-state index is -0.467. The summed E-state index contributed by atoms with van der Waals surface area (Å²) < 4.78 is 1.69. The number of rotatable bonds is 4. The zero-order chi connectivity index (χ0) is 10.7. The molecule has 0 bridgehead atoms. The molecule has 1 aromatic rings. The van der Waals surface area contributed by atoms with Gasteiger partial charge in [0.15, 0.2) is 0 Å². The van der Waals surface area contributed by atoms with E-state index < -0.39 is 4.92 Å². The summed E-state index contributed by atoms with van der Waals surface area (Å²) in [6.45, 7) is 4.45. The number of hydrogen-bond acceptors (Lipinski definition) is 4. The summed E-state index contributed by atoms with van der Waals surface area (Å²) in [4.78, 5) is 14.0. The lowest BCUT2D eigenvalue weighted by Crippen LogP contribution is -2.06. The highest BCUT2D eigenvalue weighted by Gasteiger charge is 2.22. The van der Waals surface area contributed by atoms with Crippen molar-refractivity contribution in [2.45, 2.75) is 20.3 Å². The number of hydrogen-bond donors (Lipinski definition) is 1. The molecule has 0 atom stereocenters. The maximum absolute atomic E-state index is 10.6. The Kier molecular flexibility index (Phi) is 3.06. The lowest BCUT2D eigenvalue weighted by atomic mass is 10.5. The Bertz CT molecular complexity index is 345. The van der Waals surface area contributed by atoms with Crippen LogP contribution in [0.4, 0.5) is 11.6 Å². The van der Waals surface area contributed by atoms with E-state index in [1.54, 1.807) is 18.5 Å². The van der Waals surface area contributed by atoms with Gasteiger partial charge in [0.1, 0.15) is 0 Å². The van der Waals surface area contributed by atoms with Gasteiger partial charge in [-0.1, -0.05) is 6.92 Å². The molecule has 78 valence electrons. The summed E-state index contributed by atoms with van der Waals surface area (Å²) >= 11 is 0. The molecule has 0 aliphatic heterocycles. The summed E-state index contributed by atoms with van der Waals surface area (Å²) in [5.41, 5.74) is 0. The number of aryl methyl sites for hydroxylation is 1. The molecular formula is C8H14N4O2. The standard InChI is InChI=1S/C8H14N4O2/c1-4-5-9-7-8(12(13)14)10-6(2)11(7)3/h9H,4-5H2,1-3H3. The van der Waals surface area contributed by atoms with Crippen molar-refractivity contribution in [3.05, 3.63) is 15.9 Å². The highest BCUT2D eigenvalue weighted by Crippen LogP contribution is 2.23. The summed E-state index contributed by atoms with van der Waals surface area (Å²) in [6.07, 6.45) is 0.918. The van der Waals surface area contributed by atoms with Gasteiger partial charge < -0.3 is 15.4 Å². The minimum Gasteiger partial charge on any atom is -0.364 e. The van der Waals surface area contributed by atoms with Crippen LogP contribution in [-0.2, 0) is 7.05 Å². The normalized spacial score (nSPS) is 10.2. The first-order chi connectivity index (χ1) is 6.57. The predicted molar refractivity (Wildman–Crippen MR) is 53.4 cm³/mol. The van der Waals surface area contributed by atoms with Gasteiger partial charge in [0.2, 0.25) is 11.6 Å². The molecule has 1 rings (SSSR count). The van der Waals surface area contributed by atoms with Gasteiger partial charge >= 0.3 is 5.82 Å². The van der Waals surface area contributed by atoms with Crippen molar-refractivity contribution in [3.63, 3.8) is 0 Å². The average Bonchev–Trinajstić information content (AvgIpc) is 2.41. The third-order valence-electron chi connectivity index (χ3n) is 2.02. The van der Waals surface area contributed by atoms with Gasteiger partial charge in [-0.3, -0.25) is 4.57 Å². The van der Waals surface area contributed by atoms with Crippen molar-refractivity contribution in [1.29, 1.82) is 0 Å². The van der Waals surface area contributed by atoms with Crippen LogP contribution < -0.4 is 5.32 Å². The zero-order valence-corrected chi connectivity index (χ0v) is 8.57. The number of aromatic nitrogens is 2. The number of nitro groups is 1. The van der Waals surface area contributed by atoms with E-state index in [1.807, 2.05) is 6.92 Å². The van der Waals surface area contributed by atoms with Crippen LogP contribution >= 0.6 is 0 Å². The SMILES string of the molecule is CCCNc1c([N+](=O)[O-])nc(C)n1C. The van der Waals surface area contributed by atoms with Gasteiger partial charge in [0.25, 0.3) is 0 Å². The second-order valence-corrected chi connectivity index (χ2v) is 3.07. The van der Waals surface area contributed by atoms with Crippen LogP contribution in [0.1, 0.15) is 19.2 Å². The molecule has 0 spiro atoms. The van der Waals surface area contributed by atoms with E-state index in [2.05, 4.69) is 10.3 Å². The Morgan fingerprint density at radius 2 is 2.29 bits per heavy atom. The molecule has 0 unspecified atom stereocenters. The van der Waals surface area contributed by atoms with Gasteiger partial charge in [-0.05, 0) is 16.3 Å². The van der Waals surface area contributed by atoms with Gasteiger partial charge in [-0.2, -0.15) is 0 Å². The molecule has 0 aliphatic rings. The van der Waals surface area contributed by atoms with Crippen molar-refractivity contribution in [1.82, 2.24) is 9.55 Å². The van der Waals surface area contributed by atoms with Crippen LogP contribution in [0, 0.1) is 17.0 Å². The van der Waals surface area contributed by atoms with Gasteiger partial charge in [0.05, 0.1) is 0 Å². The molecule has 6 nitrogen and oxygen atoms in total. The Morgan fingerprint density at radius 1 is 1.64 bits per heavy atom. The summed E-state index contributed by atoms with van der Waals surface area (Å²) in [5.74, 6) is 1.02.